The molecule has 43 heavy (non-hydrogen) atoms. The van der Waals surface area contributed by atoms with Crippen molar-refractivity contribution in [3.05, 3.63) is 94.9 Å². The van der Waals surface area contributed by atoms with E-state index in [0.29, 0.717) is 38.5 Å². The molecule has 1 heterocycles. The zero-order valence-electron chi connectivity index (χ0n) is 29.0. The van der Waals surface area contributed by atoms with Gasteiger partial charge in [0.05, 0.1) is 34.1 Å². The summed E-state index contributed by atoms with van der Waals surface area (Å²) in [5.74, 6) is -0.505. The number of halogens is 2. The topological polar surface area (TPSA) is 109 Å². The number of likely N-dealkylation sites (N-methyl/N-ethyl adjacent to an activating group) is 1. The summed E-state index contributed by atoms with van der Waals surface area (Å²) in [6, 6.07) is 16.1. The van der Waals surface area contributed by atoms with Crippen molar-refractivity contribution < 1.29 is 31.6 Å². The summed E-state index contributed by atoms with van der Waals surface area (Å²) in [4.78, 5) is 17.6. The molecule has 2 N–H and O–H groups in total. The highest BCUT2D eigenvalue weighted by Crippen LogP contribution is 2.37. The summed E-state index contributed by atoms with van der Waals surface area (Å²) in [5.41, 5.74) is 2.23. The van der Waals surface area contributed by atoms with Crippen LogP contribution in [0, 0.1) is 17.1 Å². The second-order valence-corrected chi connectivity index (χ2v) is 9.46. The Labute approximate surface area is 262 Å². The number of nitriles is 1. The molecule has 0 aliphatic heterocycles. The SMILES string of the molecule is [2H]C([2H])([2H])N(C/C=C/C(=O)Nc1cc2c(Nc3ccc(OCc4cccc(F)c4)c(Cl)c3)c(C#N)cnc2cc1OCCOC)C([2H])([2H])[2H]. The fourth-order valence-electron chi connectivity index (χ4n) is 3.96. The van der Waals surface area contributed by atoms with E-state index in [4.69, 9.17) is 34.0 Å². The Bertz CT molecular complexity index is 1870. The molecule has 3 aromatic carbocycles. The summed E-state index contributed by atoms with van der Waals surface area (Å²) in [6.07, 6.45) is 3.51. The summed E-state index contributed by atoms with van der Waals surface area (Å²) in [7, 11) is 1.50. The third-order valence-corrected chi connectivity index (χ3v) is 6.23. The largest absolute Gasteiger partial charge is 0.489 e. The van der Waals surface area contributed by atoms with Gasteiger partial charge in [0.25, 0.3) is 0 Å². The average Bonchev–Trinajstić information content (AvgIpc) is 3.02. The number of carbonyl (C=O) groups excluding carboxylic acids is 1. The number of nitrogens with one attached hydrogen (secondary N) is 2. The smallest absolute Gasteiger partial charge is 0.248 e. The van der Waals surface area contributed by atoms with E-state index in [1.165, 1.54) is 25.4 Å². The van der Waals surface area contributed by atoms with Crippen molar-refractivity contribution in [1.29, 1.82) is 5.26 Å². The van der Waals surface area contributed by atoms with E-state index in [1.54, 1.807) is 42.5 Å². The molecule has 0 saturated heterocycles. The number of hydrogen-bond acceptors (Lipinski definition) is 8. The van der Waals surface area contributed by atoms with Crippen LogP contribution in [0.2, 0.25) is 5.02 Å². The van der Waals surface area contributed by atoms with Gasteiger partial charge in [-0.25, -0.2) is 4.39 Å². The fraction of sp³-hybridized carbons (Fsp3) is 0.219. The van der Waals surface area contributed by atoms with Crippen LogP contribution in [-0.2, 0) is 16.1 Å². The Kier molecular flexibility index (Phi) is 8.30. The highest BCUT2D eigenvalue weighted by molar-refractivity contribution is 6.32. The zero-order chi connectivity index (χ0) is 35.8. The molecule has 0 saturated carbocycles. The molecule has 9 nitrogen and oxygen atoms in total. The van der Waals surface area contributed by atoms with Crippen molar-refractivity contribution in [2.24, 2.45) is 0 Å². The van der Waals surface area contributed by atoms with Crippen LogP contribution in [0.25, 0.3) is 10.9 Å². The number of amides is 1. The van der Waals surface area contributed by atoms with Gasteiger partial charge in [-0.15, -0.1) is 0 Å². The Balaban J connectivity index is 1.63. The number of pyridine rings is 1. The van der Waals surface area contributed by atoms with Gasteiger partial charge in [-0.3, -0.25) is 9.78 Å². The van der Waals surface area contributed by atoms with E-state index >= 15 is 0 Å². The maximum Gasteiger partial charge on any atom is 0.248 e. The van der Waals surface area contributed by atoms with Crippen molar-refractivity contribution in [1.82, 2.24) is 9.88 Å². The second kappa shape index (κ2) is 15.0. The summed E-state index contributed by atoms with van der Waals surface area (Å²) < 4.78 is 75.1. The molecule has 0 radical (unpaired) electrons. The lowest BCUT2D eigenvalue weighted by atomic mass is 10.1. The second-order valence-electron chi connectivity index (χ2n) is 9.06. The first-order chi connectivity index (χ1) is 23.2. The maximum absolute atomic E-state index is 13.5. The lowest BCUT2D eigenvalue weighted by molar-refractivity contribution is -0.111. The molecule has 0 unspecified atom stereocenters. The molecule has 0 aliphatic carbocycles. The van der Waals surface area contributed by atoms with Crippen molar-refractivity contribution in [2.45, 2.75) is 6.61 Å². The van der Waals surface area contributed by atoms with Crippen LogP contribution in [-0.4, -0.2) is 56.6 Å². The Morgan fingerprint density at radius 1 is 1.16 bits per heavy atom. The Hall–Kier alpha value is -4.69. The Morgan fingerprint density at radius 2 is 2.02 bits per heavy atom. The number of carbonyl (C=O) groups is 1. The van der Waals surface area contributed by atoms with Gasteiger partial charge in [0, 0.05) is 51.3 Å². The van der Waals surface area contributed by atoms with Gasteiger partial charge in [0.15, 0.2) is 0 Å². The molecule has 4 aromatic rings. The maximum atomic E-state index is 13.5. The molecule has 0 aliphatic rings. The molecule has 0 atom stereocenters. The average molecular weight is 610 g/mol. The Morgan fingerprint density at radius 3 is 2.77 bits per heavy atom. The molecule has 0 bridgehead atoms. The number of nitrogens with zero attached hydrogens (tertiary/aromatic N) is 3. The number of anilines is 3. The van der Waals surface area contributed by atoms with Crippen LogP contribution in [0.1, 0.15) is 19.4 Å². The number of ether oxygens (including phenoxy) is 3. The number of aromatic nitrogens is 1. The van der Waals surface area contributed by atoms with Crippen LogP contribution >= 0.6 is 11.6 Å². The van der Waals surface area contributed by atoms with E-state index in [9.17, 15) is 14.4 Å². The molecule has 1 aromatic heterocycles. The van der Waals surface area contributed by atoms with Gasteiger partial charge in [-0.2, -0.15) is 5.26 Å². The number of rotatable bonds is 13. The number of fused-ring (bicyclic) bond motifs is 1. The van der Waals surface area contributed by atoms with E-state index in [-0.39, 0.29) is 47.7 Å². The van der Waals surface area contributed by atoms with Crippen LogP contribution in [0.15, 0.2) is 72.9 Å². The van der Waals surface area contributed by atoms with Crippen LogP contribution < -0.4 is 20.1 Å². The molecular weight excluding hydrogens is 573 g/mol. The van der Waals surface area contributed by atoms with E-state index < -0.39 is 26.4 Å². The molecule has 0 spiro atoms. The van der Waals surface area contributed by atoms with Crippen LogP contribution in [0.4, 0.5) is 21.5 Å². The van der Waals surface area contributed by atoms with Gasteiger partial charge in [-0.05, 0) is 55.9 Å². The van der Waals surface area contributed by atoms with Crippen molar-refractivity contribution in [2.75, 3.05) is 51.5 Å². The normalized spacial score (nSPS) is 13.7. The monoisotopic (exact) mass is 609 g/mol. The van der Waals surface area contributed by atoms with Gasteiger partial charge >= 0.3 is 0 Å². The number of methoxy groups -OCH3 is 1. The highest BCUT2D eigenvalue weighted by Gasteiger charge is 2.16. The summed E-state index contributed by atoms with van der Waals surface area (Å²) in [6.45, 7) is -5.92. The predicted octanol–water partition coefficient (Wildman–Crippen LogP) is 6.30. The van der Waals surface area contributed by atoms with Gasteiger partial charge < -0.3 is 29.7 Å². The minimum Gasteiger partial charge on any atom is -0.489 e. The van der Waals surface area contributed by atoms with Gasteiger partial charge in [-0.1, -0.05) is 29.8 Å². The lowest BCUT2D eigenvalue weighted by Gasteiger charge is -2.17. The third kappa shape index (κ3) is 8.66. The van der Waals surface area contributed by atoms with Crippen LogP contribution in [0.5, 0.6) is 11.5 Å². The van der Waals surface area contributed by atoms with E-state index in [2.05, 4.69) is 21.7 Å². The first-order valence-electron chi connectivity index (χ1n) is 15.9. The summed E-state index contributed by atoms with van der Waals surface area (Å²) >= 11 is 6.50. The van der Waals surface area contributed by atoms with E-state index in [0.717, 1.165) is 12.2 Å². The lowest BCUT2D eigenvalue weighted by Crippen LogP contribution is -2.14. The van der Waals surface area contributed by atoms with Crippen molar-refractivity contribution in [3.63, 3.8) is 0 Å². The van der Waals surface area contributed by atoms with Gasteiger partial charge in [0.2, 0.25) is 5.91 Å². The molecule has 4 rings (SSSR count). The van der Waals surface area contributed by atoms with Crippen molar-refractivity contribution in [3.8, 4) is 17.6 Å². The highest BCUT2D eigenvalue weighted by atomic mass is 35.5. The zero-order valence-corrected chi connectivity index (χ0v) is 23.7. The molecule has 0 fully saturated rings. The quantitative estimate of drug-likeness (QED) is 0.134. The first-order valence-corrected chi connectivity index (χ1v) is 13.2. The standard InChI is InChI=1S/C32H31ClFN5O4/c1-39(2)11-5-8-31(40)38-28-16-25-27(17-30(28)42-13-12-41-3)36-19-22(18-35)32(25)37-24-9-10-29(26(33)15-24)43-20-21-6-4-7-23(34)14-21/h4-10,14-17,19H,11-13,20H2,1-3H3,(H,36,37)(H,38,40)/b8-5+/i1D3,2D3. The molecule has 11 heteroatoms. The predicted molar refractivity (Wildman–Crippen MR) is 166 cm³/mol. The minimum absolute atomic E-state index is 0.0907. The minimum atomic E-state index is -2.91. The van der Waals surface area contributed by atoms with Gasteiger partial charge in [0.1, 0.15) is 36.6 Å². The molecule has 222 valence electrons. The number of hydrogen-bond donors (Lipinski definition) is 2. The molecule has 1 amide bonds. The fourth-order valence-corrected chi connectivity index (χ4v) is 4.19. The third-order valence-electron chi connectivity index (χ3n) is 5.93. The van der Waals surface area contributed by atoms with E-state index in [1.807, 2.05) is 0 Å². The van der Waals surface area contributed by atoms with Crippen LogP contribution in [0.3, 0.4) is 0 Å². The molecular formula is C32H31ClFN5O4. The van der Waals surface area contributed by atoms with Crippen molar-refractivity contribution >= 4 is 45.5 Å². The first kappa shape index (κ1) is 23.8. The summed E-state index contributed by atoms with van der Waals surface area (Å²) in [5, 5.41) is 16.5. The number of benzene rings is 3.